The van der Waals surface area contributed by atoms with Crippen molar-refractivity contribution in [1.29, 1.82) is 0 Å². The first-order chi connectivity index (χ1) is 9.22. The molecule has 1 aromatic rings. The Hall–Kier alpha value is -1.39. The molecule has 2 rings (SSSR count). The summed E-state index contributed by atoms with van der Waals surface area (Å²) in [6.07, 6.45) is 1.75. The molecule has 0 aromatic heterocycles. The number of amides is 1. The molecule has 0 bridgehead atoms. The molecule has 1 aromatic carbocycles. The summed E-state index contributed by atoms with van der Waals surface area (Å²) in [4.78, 5) is 12.3. The van der Waals surface area contributed by atoms with E-state index in [4.69, 9.17) is 10.5 Å². The molecule has 0 saturated carbocycles. The highest BCUT2D eigenvalue weighted by molar-refractivity contribution is 5.95. The molecule has 3 N–H and O–H groups in total. The summed E-state index contributed by atoms with van der Waals surface area (Å²) in [5.74, 6) is 0.411. The van der Waals surface area contributed by atoms with Crippen LogP contribution in [0.3, 0.4) is 0 Å². The average molecular weight is 262 g/mol. The van der Waals surface area contributed by atoms with Gasteiger partial charge in [-0.25, -0.2) is 0 Å². The summed E-state index contributed by atoms with van der Waals surface area (Å²) < 4.78 is 5.36. The number of carbonyl (C=O) groups excluding carboxylic acids is 1. The fourth-order valence-electron chi connectivity index (χ4n) is 2.46. The maximum absolute atomic E-state index is 12.3. The van der Waals surface area contributed by atoms with Crippen molar-refractivity contribution in [3.8, 4) is 0 Å². The van der Waals surface area contributed by atoms with Crippen molar-refractivity contribution in [1.82, 2.24) is 5.32 Å². The summed E-state index contributed by atoms with van der Waals surface area (Å²) in [6, 6.07) is 7.79. The first-order valence-electron chi connectivity index (χ1n) is 6.89. The summed E-state index contributed by atoms with van der Waals surface area (Å²) in [7, 11) is 0. The number of nitrogens with two attached hydrogens (primary N) is 1. The number of ether oxygens (including phenoxy) is 1. The van der Waals surface area contributed by atoms with Gasteiger partial charge in [-0.1, -0.05) is 18.2 Å². The van der Waals surface area contributed by atoms with Gasteiger partial charge in [-0.15, -0.1) is 0 Å². The molecule has 4 nitrogen and oxygen atoms in total. The van der Waals surface area contributed by atoms with Crippen molar-refractivity contribution in [3.63, 3.8) is 0 Å². The summed E-state index contributed by atoms with van der Waals surface area (Å²) in [5, 5.41) is 3.08. The normalized spacial score (nSPS) is 20.2. The highest BCUT2D eigenvalue weighted by Gasteiger charge is 2.24. The lowest BCUT2D eigenvalue weighted by Crippen LogP contribution is -2.38. The maximum atomic E-state index is 12.3. The smallest absolute Gasteiger partial charge is 0.251 e. The van der Waals surface area contributed by atoms with E-state index < -0.39 is 0 Å². The lowest BCUT2D eigenvalue weighted by atomic mass is 9.99. The molecule has 0 radical (unpaired) electrons. The van der Waals surface area contributed by atoms with Gasteiger partial charge in [0, 0.05) is 24.1 Å². The second kappa shape index (κ2) is 6.68. The van der Waals surface area contributed by atoms with E-state index in [2.05, 4.69) is 5.32 Å². The van der Waals surface area contributed by atoms with Crippen molar-refractivity contribution in [2.75, 3.05) is 19.8 Å². The Morgan fingerprint density at radius 2 is 2.32 bits per heavy atom. The van der Waals surface area contributed by atoms with E-state index >= 15 is 0 Å². The molecule has 1 amide bonds. The standard InChI is InChI=1S/C15H22N2O2/c1-11(13-7-9-19-10-13)17-15(18)14-5-3-2-4-12(14)6-8-16/h2-5,11,13H,6-10,16H2,1H3,(H,17,18). The molecule has 2 unspecified atom stereocenters. The maximum Gasteiger partial charge on any atom is 0.251 e. The second-order valence-corrected chi connectivity index (χ2v) is 5.08. The lowest BCUT2D eigenvalue weighted by molar-refractivity contribution is 0.0921. The van der Waals surface area contributed by atoms with Gasteiger partial charge in [0.1, 0.15) is 0 Å². The largest absolute Gasteiger partial charge is 0.381 e. The third kappa shape index (κ3) is 3.55. The van der Waals surface area contributed by atoms with E-state index in [9.17, 15) is 4.79 Å². The minimum absolute atomic E-state index is 0.0107. The quantitative estimate of drug-likeness (QED) is 0.841. The summed E-state index contributed by atoms with van der Waals surface area (Å²) >= 11 is 0. The van der Waals surface area contributed by atoms with Crippen LogP contribution in [0, 0.1) is 5.92 Å². The number of hydrogen-bond acceptors (Lipinski definition) is 3. The van der Waals surface area contributed by atoms with Crippen LogP contribution in [0.1, 0.15) is 29.3 Å². The third-order valence-corrected chi connectivity index (χ3v) is 3.71. The fraction of sp³-hybridized carbons (Fsp3) is 0.533. The van der Waals surface area contributed by atoms with Crippen LogP contribution in [0.25, 0.3) is 0 Å². The predicted molar refractivity (Wildman–Crippen MR) is 75.1 cm³/mol. The van der Waals surface area contributed by atoms with E-state index in [0.717, 1.165) is 37.2 Å². The lowest BCUT2D eigenvalue weighted by Gasteiger charge is -2.20. The number of benzene rings is 1. The zero-order chi connectivity index (χ0) is 13.7. The number of nitrogens with one attached hydrogen (secondary N) is 1. The van der Waals surface area contributed by atoms with Crippen molar-refractivity contribution in [2.45, 2.75) is 25.8 Å². The molecule has 0 spiro atoms. The minimum Gasteiger partial charge on any atom is -0.381 e. The molecule has 1 aliphatic rings. The molecule has 4 heteroatoms. The van der Waals surface area contributed by atoms with Crippen LogP contribution < -0.4 is 11.1 Å². The van der Waals surface area contributed by atoms with Gasteiger partial charge < -0.3 is 15.8 Å². The Bertz CT molecular complexity index is 428. The van der Waals surface area contributed by atoms with Gasteiger partial charge in [0.2, 0.25) is 0 Å². The van der Waals surface area contributed by atoms with Gasteiger partial charge in [0.15, 0.2) is 0 Å². The molecule has 1 fully saturated rings. The molecule has 1 saturated heterocycles. The van der Waals surface area contributed by atoms with Crippen LogP contribution >= 0.6 is 0 Å². The molecule has 104 valence electrons. The van der Waals surface area contributed by atoms with Crippen molar-refractivity contribution in [3.05, 3.63) is 35.4 Å². The van der Waals surface area contributed by atoms with Crippen molar-refractivity contribution < 1.29 is 9.53 Å². The Kier molecular flexibility index (Phi) is 4.93. The van der Waals surface area contributed by atoms with Gasteiger partial charge >= 0.3 is 0 Å². The highest BCUT2D eigenvalue weighted by Crippen LogP contribution is 2.17. The number of carbonyl (C=O) groups is 1. The van der Waals surface area contributed by atoms with Gasteiger partial charge in [-0.05, 0) is 37.9 Å². The van der Waals surface area contributed by atoms with Gasteiger partial charge in [0.05, 0.1) is 6.61 Å². The Morgan fingerprint density at radius 3 is 3.00 bits per heavy atom. The Labute approximate surface area is 114 Å². The molecular weight excluding hydrogens is 240 g/mol. The molecule has 19 heavy (non-hydrogen) atoms. The molecule has 2 atom stereocenters. The van der Waals surface area contributed by atoms with Crippen LogP contribution in [-0.4, -0.2) is 31.7 Å². The topological polar surface area (TPSA) is 64.4 Å². The molecular formula is C15H22N2O2. The first-order valence-corrected chi connectivity index (χ1v) is 6.89. The van der Waals surface area contributed by atoms with E-state index in [1.165, 1.54) is 0 Å². The molecule has 0 aliphatic carbocycles. The van der Waals surface area contributed by atoms with E-state index in [1.54, 1.807) is 0 Å². The fourth-order valence-corrected chi connectivity index (χ4v) is 2.46. The van der Waals surface area contributed by atoms with E-state index in [-0.39, 0.29) is 11.9 Å². The van der Waals surface area contributed by atoms with Gasteiger partial charge in [-0.2, -0.15) is 0 Å². The second-order valence-electron chi connectivity index (χ2n) is 5.08. The number of hydrogen-bond donors (Lipinski definition) is 2. The van der Waals surface area contributed by atoms with Crippen LogP contribution in [-0.2, 0) is 11.2 Å². The van der Waals surface area contributed by atoms with Crippen LogP contribution in [0.5, 0.6) is 0 Å². The van der Waals surface area contributed by atoms with Crippen LogP contribution in [0.15, 0.2) is 24.3 Å². The summed E-state index contributed by atoms with van der Waals surface area (Å²) in [5.41, 5.74) is 7.33. The Balaban J connectivity index is 2.02. The zero-order valence-electron chi connectivity index (χ0n) is 11.4. The van der Waals surface area contributed by atoms with Crippen LogP contribution in [0.2, 0.25) is 0 Å². The van der Waals surface area contributed by atoms with Crippen molar-refractivity contribution >= 4 is 5.91 Å². The molecule has 1 aliphatic heterocycles. The third-order valence-electron chi connectivity index (χ3n) is 3.71. The van der Waals surface area contributed by atoms with Crippen LogP contribution in [0.4, 0.5) is 0 Å². The van der Waals surface area contributed by atoms with E-state index in [0.29, 0.717) is 12.5 Å². The SMILES string of the molecule is CC(NC(=O)c1ccccc1CCN)C1CCOC1. The van der Waals surface area contributed by atoms with Crippen molar-refractivity contribution in [2.24, 2.45) is 11.7 Å². The average Bonchev–Trinajstić information content (AvgIpc) is 2.93. The minimum atomic E-state index is -0.0107. The zero-order valence-corrected chi connectivity index (χ0v) is 11.4. The van der Waals surface area contributed by atoms with Gasteiger partial charge in [-0.3, -0.25) is 4.79 Å². The summed E-state index contributed by atoms with van der Waals surface area (Å²) in [6.45, 7) is 4.14. The Morgan fingerprint density at radius 1 is 1.53 bits per heavy atom. The van der Waals surface area contributed by atoms with E-state index in [1.807, 2.05) is 31.2 Å². The first kappa shape index (κ1) is 14.0. The van der Waals surface area contributed by atoms with Gasteiger partial charge in [0.25, 0.3) is 5.91 Å². The molecule has 1 heterocycles. The monoisotopic (exact) mass is 262 g/mol. The number of rotatable bonds is 5. The predicted octanol–water partition coefficient (Wildman–Crippen LogP) is 1.34. The highest BCUT2D eigenvalue weighted by atomic mass is 16.5.